The van der Waals surface area contributed by atoms with E-state index in [1.807, 2.05) is 42.6 Å². The van der Waals surface area contributed by atoms with E-state index >= 15 is 0 Å². The van der Waals surface area contributed by atoms with Crippen molar-refractivity contribution in [2.75, 3.05) is 5.32 Å². The lowest BCUT2D eigenvalue weighted by molar-refractivity contribution is 0.210. The Morgan fingerprint density at radius 1 is 1.25 bits per heavy atom. The second-order valence-corrected chi connectivity index (χ2v) is 4.38. The molecule has 1 amide bonds. The lowest BCUT2D eigenvalue weighted by atomic mass is 10.1. The lowest BCUT2D eigenvalue weighted by Gasteiger charge is -2.03. The molecule has 16 heavy (non-hydrogen) atoms. The highest BCUT2D eigenvalue weighted by molar-refractivity contribution is 7.15. The maximum atomic E-state index is 10.6. The first-order valence-corrected chi connectivity index (χ1v) is 5.69. The number of rotatable bonds is 2. The van der Waals surface area contributed by atoms with Gasteiger partial charge in [-0.2, -0.15) is 0 Å². The van der Waals surface area contributed by atoms with Crippen molar-refractivity contribution < 1.29 is 9.90 Å². The van der Waals surface area contributed by atoms with E-state index in [0.29, 0.717) is 5.00 Å². The Bertz CT molecular complexity index is 502. The highest BCUT2D eigenvalue weighted by Gasteiger charge is 2.08. The molecule has 0 aliphatic rings. The Morgan fingerprint density at radius 2 is 1.94 bits per heavy atom. The molecule has 0 aliphatic carbocycles. The van der Waals surface area contributed by atoms with E-state index in [9.17, 15) is 4.79 Å². The fourth-order valence-electron chi connectivity index (χ4n) is 1.46. The van der Waals surface area contributed by atoms with E-state index in [-0.39, 0.29) is 0 Å². The maximum absolute atomic E-state index is 10.6. The Labute approximate surface area is 97.4 Å². The largest absolute Gasteiger partial charge is 0.465 e. The number of nitrogens with one attached hydrogen (secondary N) is 1. The van der Waals surface area contributed by atoms with Gasteiger partial charge < -0.3 is 5.11 Å². The summed E-state index contributed by atoms with van der Waals surface area (Å²) in [5.41, 5.74) is 3.13. The predicted octanol–water partition coefficient (Wildman–Crippen LogP) is 3.81. The van der Waals surface area contributed by atoms with Crippen LogP contribution in [0.3, 0.4) is 0 Å². The summed E-state index contributed by atoms with van der Waals surface area (Å²) in [6.07, 6.45) is -1.03. The van der Waals surface area contributed by atoms with E-state index in [4.69, 9.17) is 5.11 Å². The Kier molecular flexibility index (Phi) is 2.92. The topological polar surface area (TPSA) is 49.3 Å². The molecule has 0 saturated heterocycles. The molecule has 0 fully saturated rings. The van der Waals surface area contributed by atoms with Gasteiger partial charge in [-0.05, 0) is 23.9 Å². The van der Waals surface area contributed by atoms with Crippen molar-refractivity contribution >= 4 is 22.4 Å². The maximum Gasteiger partial charge on any atom is 0.409 e. The van der Waals surface area contributed by atoms with E-state index in [1.165, 1.54) is 16.9 Å². The van der Waals surface area contributed by atoms with Crippen LogP contribution < -0.4 is 5.32 Å². The smallest absolute Gasteiger partial charge is 0.409 e. The first-order chi connectivity index (χ1) is 7.66. The standard InChI is InChI=1S/C12H11NO2S/c1-8-2-4-9(5-3-8)10-6-7-16-11(10)13-12(14)15/h2-7,13H,1H3,(H,14,15). The minimum atomic E-state index is -1.03. The van der Waals surface area contributed by atoms with Gasteiger partial charge in [-0.3, -0.25) is 5.32 Å². The number of carboxylic acid groups (broad SMARTS) is 1. The van der Waals surface area contributed by atoms with Gasteiger partial charge in [-0.25, -0.2) is 4.79 Å². The van der Waals surface area contributed by atoms with E-state index in [2.05, 4.69) is 5.32 Å². The molecule has 2 N–H and O–H groups in total. The van der Waals surface area contributed by atoms with Crippen molar-refractivity contribution in [1.29, 1.82) is 0 Å². The average molecular weight is 233 g/mol. The highest BCUT2D eigenvalue weighted by Crippen LogP contribution is 2.33. The molecule has 1 aromatic carbocycles. The summed E-state index contributed by atoms with van der Waals surface area (Å²) in [5, 5.41) is 13.6. The molecule has 0 saturated carbocycles. The van der Waals surface area contributed by atoms with Crippen LogP contribution in [0.15, 0.2) is 35.7 Å². The average Bonchev–Trinajstić information content (AvgIpc) is 2.66. The van der Waals surface area contributed by atoms with Crippen molar-refractivity contribution in [2.45, 2.75) is 6.92 Å². The molecule has 0 spiro atoms. The van der Waals surface area contributed by atoms with Crippen LogP contribution in [-0.4, -0.2) is 11.2 Å². The molecule has 3 nitrogen and oxygen atoms in total. The molecular weight excluding hydrogens is 222 g/mol. The van der Waals surface area contributed by atoms with Gasteiger partial charge in [0.1, 0.15) is 5.00 Å². The third kappa shape index (κ3) is 2.23. The Balaban J connectivity index is 2.36. The third-order valence-corrected chi connectivity index (χ3v) is 3.08. The van der Waals surface area contributed by atoms with Gasteiger partial charge >= 0.3 is 6.09 Å². The molecule has 1 aromatic heterocycles. The van der Waals surface area contributed by atoms with Crippen LogP contribution >= 0.6 is 11.3 Å². The molecule has 0 bridgehead atoms. The number of aryl methyl sites for hydroxylation is 1. The molecule has 0 atom stereocenters. The fraction of sp³-hybridized carbons (Fsp3) is 0.0833. The number of thiophene rings is 1. The van der Waals surface area contributed by atoms with Crippen LogP contribution in [-0.2, 0) is 0 Å². The van der Waals surface area contributed by atoms with Gasteiger partial charge in [-0.1, -0.05) is 29.8 Å². The predicted molar refractivity (Wildman–Crippen MR) is 66.1 cm³/mol. The lowest BCUT2D eigenvalue weighted by Crippen LogP contribution is -2.06. The van der Waals surface area contributed by atoms with Crippen molar-refractivity contribution in [2.24, 2.45) is 0 Å². The number of amides is 1. The van der Waals surface area contributed by atoms with Crippen LogP contribution in [0, 0.1) is 6.92 Å². The van der Waals surface area contributed by atoms with Crippen molar-refractivity contribution in [3.05, 3.63) is 41.3 Å². The normalized spacial score (nSPS) is 10.1. The molecule has 1 heterocycles. The number of hydrogen-bond acceptors (Lipinski definition) is 2. The molecule has 2 rings (SSSR count). The Morgan fingerprint density at radius 3 is 2.56 bits per heavy atom. The van der Waals surface area contributed by atoms with E-state index in [1.54, 1.807) is 0 Å². The zero-order chi connectivity index (χ0) is 11.5. The minimum Gasteiger partial charge on any atom is -0.465 e. The minimum absolute atomic E-state index is 0.663. The molecule has 0 radical (unpaired) electrons. The van der Waals surface area contributed by atoms with Crippen LogP contribution in [0.25, 0.3) is 11.1 Å². The first-order valence-electron chi connectivity index (χ1n) is 4.81. The number of anilines is 1. The summed E-state index contributed by atoms with van der Waals surface area (Å²) in [6, 6.07) is 9.92. The van der Waals surface area contributed by atoms with Crippen molar-refractivity contribution in [1.82, 2.24) is 0 Å². The van der Waals surface area contributed by atoms with Gasteiger partial charge in [0, 0.05) is 5.56 Å². The van der Waals surface area contributed by atoms with Crippen molar-refractivity contribution in [3.63, 3.8) is 0 Å². The number of hydrogen-bond donors (Lipinski definition) is 2. The molecule has 0 unspecified atom stereocenters. The van der Waals surface area contributed by atoms with Gasteiger partial charge in [0.05, 0.1) is 0 Å². The number of benzene rings is 1. The molecule has 4 heteroatoms. The van der Waals surface area contributed by atoms with Crippen LogP contribution in [0.2, 0.25) is 0 Å². The zero-order valence-corrected chi connectivity index (χ0v) is 9.54. The van der Waals surface area contributed by atoms with Gasteiger partial charge in [-0.15, -0.1) is 11.3 Å². The summed E-state index contributed by atoms with van der Waals surface area (Å²) in [5.74, 6) is 0. The summed E-state index contributed by atoms with van der Waals surface area (Å²) in [7, 11) is 0. The molecule has 82 valence electrons. The molecule has 2 aromatic rings. The van der Waals surface area contributed by atoms with Gasteiger partial charge in [0.2, 0.25) is 0 Å². The van der Waals surface area contributed by atoms with Gasteiger partial charge in [0.25, 0.3) is 0 Å². The fourth-order valence-corrected chi connectivity index (χ4v) is 2.26. The van der Waals surface area contributed by atoms with E-state index in [0.717, 1.165) is 11.1 Å². The molecule has 0 aliphatic heterocycles. The highest BCUT2D eigenvalue weighted by atomic mass is 32.1. The number of carbonyl (C=O) groups is 1. The van der Waals surface area contributed by atoms with Crippen molar-refractivity contribution in [3.8, 4) is 11.1 Å². The quantitative estimate of drug-likeness (QED) is 0.828. The third-order valence-electron chi connectivity index (χ3n) is 2.25. The SMILES string of the molecule is Cc1ccc(-c2ccsc2NC(=O)O)cc1. The van der Waals surface area contributed by atoms with Crippen LogP contribution in [0.1, 0.15) is 5.56 Å². The summed E-state index contributed by atoms with van der Waals surface area (Å²) < 4.78 is 0. The second kappa shape index (κ2) is 4.37. The van der Waals surface area contributed by atoms with Crippen LogP contribution in [0.4, 0.5) is 9.80 Å². The Hall–Kier alpha value is -1.81. The zero-order valence-electron chi connectivity index (χ0n) is 8.73. The monoisotopic (exact) mass is 233 g/mol. The first kappa shape index (κ1) is 10.7. The molecular formula is C12H11NO2S. The van der Waals surface area contributed by atoms with E-state index < -0.39 is 6.09 Å². The second-order valence-electron chi connectivity index (χ2n) is 3.46. The summed E-state index contributed by atoms with van der Waals surface area (Å²) in [4.78, 5) is 10.6. The van der Waals surface area contributed by atoms with Crippen LogP contribution in [0.5, 0.6) is 0 Å². The van der Waals surface area contributed by atoms with Gasteiger partial charge in [0.15, 0.2) is 0 Å². The summed E-state index contributed by atoms with van der Waals surface area (Å²) >= 11 is 1.38. The summed E-state index contributed by atoms with van der Waals surface area (Å²) in [6.45, 7) is 2.02.